The molecule has 0 unspecified atom stereocenters. The van der Waals surface area contributed by atoms with Gasteiger partial charge in [-0.3, -0.25) is 0 Å². The number of rotatable bonds is 4. The summed E-state index contributed by atoms with van der Waals surface area (Å²) in [4.78, 5) is 3.98. The number of nitrogens with zero attached hydrogens (tertiary/aromatic N) is 2. The third-order valence-electron chi connectivity index (χ3n) is 2.47. The molecule has 1 aromatic carbocycles. The van der Waals surface area contributed by atoms with E-state index in [-0.39, 0.29) is 0 Å². The van der Waals surface area contributed by atoms with Crippen molar-refractivity contribution in [1.82, 2.24) is 4.98 Å². The second kappa shape index (κ2) is 6.04. The van der Waals surface area contributed by atoms with Gasteiger partial charge in [-0.05, 0) is 23.8 Å². The van der Waals surface area contributed by atoms with E-state index < -0.39 is 0 Å². The zero-order valence-corrected chi connectivity index (χ0v) is 10.4. The molecule has 0 bridgehead atoms. The zero-order chi connectivity index (χ0) is 12.8. The van der Waals surface area contributed by atoms with Crippen LogP contribution in [0.2, 0.25) is 0 Å². The summed E-state index contributed by atoms with van der Waals surface area (Å²) < 4.78 is 5.60. The highest BCUT2D eigenvalue weighted by atomic mass is 35.5. The second-order valence-corrected chi connectivity index (χ2v) is 3.96. The topological polar surface area (TPSA) is 45.9 Å². The first-order valence-electron chi connectivity index (χ1n) is 5.45. The second-order valence-electron chi connectivity index (χ2n) is 3.69. The van der Waals surface area contributed by atoms with Crippen LogP contribution in [0.1, 0.15) is 16.8 Å². The predicted octanol–water partition coefficient (Wildman–Crippen LogP) is 3.27. The Bertz CT molecular complexity index is 561. The van der Waals surface area contributed by atoms with Crippen molar-refractivity contribution in [3.8, 4) is 11.8 Å². The van der Waals surface area contributed by atoms with Gasteiger partial charge >= 0.3 is 0 Å². The number of ether oxygens (including phenoxy) is 1. The first kappa shape index (κ1) is 12.4. The Hall–Kier alpha value is -2.05. The summed E-state index contributed by atoms with van der Waals surface area (Å²) in [6.07, 6.45) is 1.59. The smallest absolute Gasteiger partial charge is 0.147 e. The molecule has 2 rings (SSSR count). The minimum atomic E-state index is 0.330. The van der Waals surface area contributed by atoms with Crippen LogP contribution in [0.15, 0.2) is 42.6 Å². The minimum absolute atomic E-state index is 0.330. The van der Waals surface area contributed by atoms with E-state index in [2.05, 4.69) is 4.98 Å². The Labute approximate surface area is 111 Å². The first-order valence-corrected chi connectivity index (χ1v) is 5.98. The third kappa shape index (κ3) is 2.99. The molecule has 0 N–H and O–H groups in total. The molecule has 2 aromatic rings. The van der Waals surface area contributed by atoms with E-state index in [4.69, 9.17) is 21.6 Å². The van der Waals surface area contributed by atoms with Gasteiger partial charge in [0, 0.05) is 17.6 Å². The van der Waals surface area contributed by atoms with Gasteiger partial charge in [-0.1, -0.05) is 18.2 Å². The highest BCUT2D eigenvalue weighted by Crippen LogP contribution is 2.15. The zero-order valence-electron chi connectivity index (χ0n) is 9.64. The summed E-state index contributed by atoms with van der Waals surface area (Å²) in [5.74, 6) is 1.23. The number of nitriles is 1. The normalized spacial score (nSPS) is 9.78. The van der Waals surface area contributed by atoms with Crippen LogP contribution in [0.5, 0.6) is 5.75 Å². The molecule has 90 valence electrons. The molecule has 18 heavy (non-hydrogen) atoms. The molecule has 0 atom stereocenters. The highest BCUT2D eigenvalue weighted by molar-refractivity contribution is 6.17. The molecule has 0 aliphatic carbocycles. The largest absolute Gasteiger partial charge is 0.489 e. The summed E-state index contributed by atoms with van der Waals surface area (Å²) in [5, 5.41) is 8.90. The third-order valence-corrected chi connectivity index (χ3v) is 2.78. The van der Waals surface area contributed by atoms with Crippen LogP contribution < -0.4 is 4.74 Å². The molecule has 1 aromatic heterocycles. The average Bonchev–Trinajstić information content (AvgIpc) is 2.46. The molecule has 1 heterocycles. The lowest BCUT2D eigenvalue weighted by molar-refractivity contribution is 0.305. The van der Waals surface area contributed by atoms with Crippen LogP contribution >= 0.6 is 11.6 Å². The molecule has 0 saturated carbocycles. The summed E-state index contributed by atoms with van der Waals surface area (Å²) in [6.45, 7) is 0.330. The summed E-state index contributed by atoms with van der Waals surface area (Å²) in [7, 11) is 0. The molecule has 0 aliphatic heterocycles. The molecular weight excluding hydrogens is 248 g/mol. The number of aromatic nitrogens is 1. The lowest BCUT2D eigenvalue weighted by Crippen LogP contribution is -1.99. The highest BCUT2D eigenvalue weighted by Gasteiger charge is 2.03. The standard InChI is InChI=1S/C14H11ClN2O/c15-8-11-3-5-13(6-4-11)18-10-12-2-1-7-17-14(12)9-16/h1-7H,8,10H2. The fourth-order valence-corrected chi connectivity index (χ4v) is 1.67. The fraction of sp³-hybridized carbons (Fsp3) is 0.143. The van der Waals surface area contributed by atoms with Crippen molar-refractivity contribution in [2.24, 2.45) is 0 Å². The van der Waals surface area contributed by atoms with Crippen LogP contribution in [-0.2, 0) is 12.5 Å². The van der Waals surface area contributed by atoms with E-state index in [0.29, 0.717) is 18.2 Å². The van der Waals surface area contributed by atoms with Crippen molar-refractivity contribution in [2.45, 2.75) is 12.5 Å². The molecule has 4 heteroatoms. The molecule has 0 radical (unpaired) electrons. The van der Waals surface area contributed by atoms with Crippen LogP contribution in [0.4, 0.5) is 0 Å². The van der Waals surface area contributed by atoms with E-state index in [1.54, 1.807) is 12.3 Å². The molecule has 0 amide bonds. The van der Waals surface area contributed by atoms with Gasteiger partial charge in [-0.15, -0.1) is 11.6 Å². The Morgan fingerprint density at radius 1 is 1.22 bits per heavy atom. The van der Waals surface area contributed by atoms with Crippen molar-refractivity contribution in [2.75, 3.05) is 0 Å². The maximum absolute atomic E-state index is 8.90. The number of hydrogen-bond acceptors (Lipinski definition) is 3. The van der Waals surface area contributed by atoms with Gasteiger partial charge in [0.05, 0.1) is 0 Å². The van der Waals surface area contributed by atoms with Crippen molar-refractivity contribution in [3.63, 3.8) is 0 Å². The summed E-state index contributed by atoms with van der Waals surface area (Å²) >= 11 is 5.71. The average molecular weight is 259 g/mol. The van der Waals surface area contributed by atoms with Gasteiger partial charge in [0.15, 0.2) is 0 Å². The quantitative estimate of drug-likeness (QED) is 0.791. The molecular formula is C14H11ClN2O. The van der Waals surface area contributed by atoms with Gasteiger partial charge in [0.25, 0.3) is 0 Å². The van der Waals surface area contributed by atoms with E-state index >= 15 is 0 Å². The number of hydrogen-bond donors (Lipinski definition) is 0. The van der Waals surface area contributed by atoms with Crippen LogP contribution in [0.25, 0.3) is 0 Å². The Kier molecular flexibility index (Phi) is 4.16. The maximum Gasteiger partial charge on any atom is 0.147 e. The van der Waals surface area contributed by atoms with Gasteiger partial charge < -0.3 is 4.74 Å². The SMILES string of the molecule is N#Cc1ncccc1COc1ccc(CCl)cc1. The number of pyridine rings is 1. The van der Waals surface area contributed by atoms with Crippen LogP contribution in [0, 0.1) is 11.3 Å². The maximum atomic E-state index is 8.90. The number of halogens is 1. The Balaban J connectivity index is 2.05. The Morgan fingerprint density at radius 3 is 2.67 bits per heavy atom. The molecule has 0 fully saturated rings. The van der Waals surface area contributed by atoms with Crippen molar-refractivity contribution >= 4 is 11.6 Å². The molecule has 0 spiro atoms. The Morgan fingerprint density at radius 2 is 2.00 bits per heavy atom. The molecule has 3 nitrogen and oxygen atoms in total. The van der Waals surface area contributed by atoms with Crippen molar-refractivity contribution in [3.05, 3.63) is 59.4 Å². The van der Waals surface area contributed by atoms with Gasteiger partial charge in [0.1, 0.15) is 24.1 Å². The van der Waals surface area contributed by atoms with Crippen molar-refractivity contribution in [1.29, 1.82) is 5.26 Å². The minimum Gasteiger partial charge on any atom is -0.489 e. The van der Waals surface area contributed by atoms with E-state index in [1.165, 1.54) is 0 Å². The molecule has 0 saturated heterocycles. The van der Waals surface area contributed by atoms with E-state index in [9.17, 15) is 0 Å². The van der Waals surface area contributed by atoms with E-state index in [0.717, 1.165) is 16.9 Å². The van der Waals surface area contributed by atoms with Crippen LogP contribution in [0.3, 0.4) is 0 Å². The predicted molar refractivity (Wildman–Crippen MR) is 69.3 cm³/mol. The van der Waals surface area contributed by atoms with Crippen molar-refractivity contribution < 1.29 is 4.74 Å². The molecule has 0 aliphatic rings. The lowest BCUT2D eigenvalue weighted by Gasteiger charge is -2.07. The van der Waals surface area contributed by atoms with Gasteiger partial charge in [0.2, 0.25) is 0 Å². The number of benzene rings is 1. The number of alkyl halides is 1. The van der Waals surface area contributed by atoms with E-state index in [1.807, 2.05) is 36.4 Å². The summed E-state index contributed by atoms with van der Waals surface area (Å²) in [5.41, 5.74) is 2.22. The fourth-order valence-electron chi connectivity index (χ4n) is 1.49. The monoisotopic (exact) mass is 258 g/mol. The summed E-state index contributed by atoms with van der Waals surface area (Å²) in [6, 6.07) is 13.2. The first-order chi connectivity index (χ1) is 8.83. The van der Waals surface area contributed by atoms with Crippen LogP contribution in [-0.4, -0.2) is 4.98 Å². The van der Waals surface area contributed by atoms with Gasteiger partial charge in [-0.25, -0.2) is 4.98 Å². The lowest BCUT2D eigenvalue weighted by atomic mass is 10.2. The van der Waals surface area contributed by atoms with Gasteiger partial charge in [-0.2, -0.15) is 5.26 Å².